The highest BCUT2D eigenvalue weighted by Crippen LogP contribution is 2.49. The summed E-state index contributed by atoms with van der Waals surface area (Å²) in [7, 11) is -2.41. The Bertz CT molecular complexity index is 797. The van der Waals surface area contributed by atoms with E-state index in [9.17, 15) is 23.1 Å². The topological polar surface area (TPSA) is 101 Å². The second-order valence-electron chi connectivity index (χ2n) is 6.84. The van der Waals surface area contributed by atoms with Crippen LogP contribution in [0, 0.1) is 11.8 Å². The Hall–Kier alpha value is -1.93. The van der Waals surface area contributed by atoms with Gasteiger partial charge in [0.05, 0.1) is 23.3 Å². The summed E-state index contributed by atoms with van der Waals surface area (Å²) in [5.41, 5.74) is 0.102. The molecule has 0 amide bonds. The van der Waals surface area contributed by atoms with E-state index in [1.807, 2.05) is 0 Å². The first-order chi connectivity index (χ1) is 11.7. The van der Waals surface area contributed by atoms with Crippen molar-refractivity contribution in [1.29, 1.82) is 0 Å². The Morgan fingerprint density at radius 3 is 2.24 bits per heavy atom. The summed E-state index contributed by atoms with van der Waals surface area (Å²) >= 11 is 0. The summed E-state index contributed by atoms with van der Waals surface area (Å²) in [4.78, 5) is 23.2. The largest absolute Gasteiger partial charge is 0.481 e. The second-order valence-corrected chi connectivity index (χ2v) is 8.78. The Morgan fingerprint density at radius 2 is 1.80 bits per heavy atom. The number of nitrogens with zero attached hydrogens (tertiary/aromatic N) is 1. The van der Waals surface area contributed by atoms with E-state index in [4.69, 9.17) is 4.74 Å². The van der Waals surface area contributed by atoms with Crippen molar-refractivity contribution in [2.45, 2.75) is 30.1 Å². The number of rotatable bonds is 5. The molecule has 0 bridgehead atoms. The van der Waals surface area contributed by atoms with Crippen LogP contribution >= 0.6 is 0 Å². The van der Waals surface area contributed by atoms with Gasteiger partial charge in [0.1, 0.15) is 0 Å². The highest BCUT2D eigenvalue weighted by molar-refractivity contribution is 7.89. The quantitative estimate of drug-likeness (QED) is 0.786. The number of hydrogen-bond acceptors (Lipinski definition) is 5. The minimum Gasteiger partial charge on any atom is -0.481 e. The van der Waals surface area contributed by atoms with Crippen molar-refractivity contribution in [3.8, 4) is 0 Å². The molecular weight excluding hydrogens is 346 g/mol. The molecule has 2 atom stereocenters. The third kappa shape index (κ3) is 2.93. The standard InChI is InChI=1S/C17H21NO6S/c1-11-9-18(10-14(11)15(19)20)25(22,23)13-5-3-12(4-6-13)17(7-8-17)16(21)24-2/h3-6,11,14H,7-10H2,1-2H3,(H,19,20)/t11-,14-/m1/s1. The summed E-state index contributed by atoms with van der Waals surface area (Å²) in [6, 6.07) is 6.24. The summed E-state index contributed by atoms with van der Waals surface area (Å²) in [5.74, 6) is -2.21. The van der Waals surface area contributed by atoms with Crippen LogP contribution in [0.5, 0.6) is 0 Å². The molecule has 1 aromatic carbocycles. The number of benzene rings is 1. The van der Waals surface area contributed by atoms with E-state index < -0.39 is 27.3 Å². The van der Waals surface area contributed by atoms with Crippen LogP contribution in [0.25, 0.3) is 0 Å². The Morgan fingerprint density at radius 1 is 1.20 bits per heavy atom. The molecule has 7 nitrogen and oxygen atoms in total. The van der Waals surface area contributed by atoms with Crippen LogP contribution in [0.2, 0.25) is 0 Å². The Kier molecular flexibility index (Phi) is 4.36. The van der Waals surface area contributed by atoms with Gasteiger partial charge in [0.15, 0.2) is 0 Å². The number of ether oxygens (including phenoxy) is 1. The molecule has 1 N–H and O–H groups in total. The van der Waals surface area contributed by atoms with Gasteiger partial charge in [0, 0.05) is 13.1 Å². The number of hydrogen-bond donors (Lipinski definition) is 1. The van der Waals surface area contributed by atoms with Gasteiger partial charge in [-0.3, -0.25) is 9.59 Å². The SMILES string of the molecule is COC(=O)C1(c2ccc(S(=O)(=O)N3C[C@@H](C)[C@H](C(=O)O)C3)cc2)CC1. The fourth-order valence-corrected chi connectivity index (χ4v) is 5.03. The third-order valence-electron chi connectivity index (χ3n) is 5.27. The molecule has 3 rings (SSSR count). The number of carbonyl (C=O) groups excluding carboxylic acids is 1. The van der Waals surface area contributed by atoms with Crippen LogP contribution in [0.15, 0.2) is 29.2 Å². The zero-order valence-corrected chi connectivity index (χ0v) is 15.0. The average molecular weight is 367 g/mol. The molecule has 0 aromatic heterocycles. The van der Waals surface area contributed by atoms with Crippen LogP contribution in [-0.2, 0) is 29.8 Å². The third-order valence-corrected chi connectivity index (χ3v) is 7.11. The van der Waals surface area contributed by atoms with E-state index in [0.29, 0.717) is 12.8 Å². The number of sulfonamides is 1. The monoisotopic (exact) mass is 367 g/mol. The lowest BCUT2D eigenvalue weighted by atomic mass is 9.96. The van der Waals surface area contributed by atoms with Crippen LogP contribution < -0.4 is 0 Å². The van der Waals surface area contributed by atoms with Crippen molar-refractivity contribution in [3.05, 3.63) is 29.8 Å². The first-order valence-corrected chi connectivity index (χ1v) is 9.58. The van der Waals surface area contributed by atoms with Crippen LogP contribution in [0.3, 0.4) is 0 Å². The maximum atomic E-state index is 12.8. The lowest BCUT2D eigenvalue weighted by molar-refractivity contribution is -0.144. The maximum absolute atomic E-state index is 12.8. The van der Waals surface area contributed by atoms with Crippen molar-refractivity contribution in [2.24, 2.45) is 11.8 Å². The van der Waals surface area contributed by atoms with E-state index in [0.717, 1.165) is 5.56 Å². The fourth-order valence-electron chi connectivity index (χ4n) is 3.47. The minimum absolute atomic E-state index is 0.0211. The molecule has 1 heterocycles. The molecule has 1 aliphatic heterocycles. The maximum Gasteiger partial charge on any atom is 0.316 e. The van der Waals surface area contributed by atoms with Gasteiger partial charge in [-0.2, -0.15) is 4.31 Å². The molecule has 1 aromatic rings. The first kappa shape index (κ1) is 17.9. The lowest BCUT2D eigenvalue weighted by Gasteiger charge is -2.17. The van der Waals surface area contributed by atoms with Crippen molar-refractivity contribution in [3.63, 3.8) is 0 Å². The summed E-state index contributed by atoms with van der Waals surface area (Å²) in [6.07, 6.45) is 1.38. The number of esters is 1. The van der Waals surface area contributed by atoms with E-state index in [1.54, 1.807) is 19.1 Å². The first-order valence-electron chi connectivity index (χ1n) is 8.14. The van der Waals surface area contributed by atoms with E-state index in [1.165, 1.54) is 23.5 Å². The normalized spacial score (nSPS) is 25.5. The van der Waals surface area contributed by atoms with Gasteiger partial charge < -0.3 is 9.84 Å². The van der Waals surface area contributed by atoms with Gasteiger partial charge >= 0.3 is 11.9 Å². The van der Waals surface area contributed by atoms with Gasteiger partial charge in [-0.25, -0.2) is 8.42 Å². The molecule has 1 aliphatic carbocycles. The van der Waals surface area contributed by atoms with Gasteiger partial charge in [-0.05, 0) is 36.5 Å². The average Bonchev–Trinajstić information content (AvgIpc) is 3.30. The Balaban J connectivity index is 1.83. The zero-order valence-electron chi connectivity index (χ0n) is 14.1. The number of carboxylic acids is 1. The van der Waals surface area contributed by atoms with Gasteiger partial charge in [-0.15, -0.1) is 0 Å². The van der Waals surface area contributed by atoms with E-state index in [2.05, 4.69) is 0 Å². The van der Waals surface area contributed by atoms with Crippen LogP contribution in [-0.4, -0.2) is 50.0 Å². The number of carbonyl (C=O) groups is 2. The molecule has 8 heteroatoms. The van der Waals surface area contributed by atoms with Crippen molar-refractivity contribution < 1.29 is 27.9 Å². The van der Waals surface area contributed by atoms with Crippen molar-refractivity contribution in [1.82, 2.24) is 4.31 Å². The molecular formula is C17H21NO6S. The molecule has 2 aliphatic rings. The van der Waals surface area contributed by atoms with Crippen LogP contribution in [0.1, 0.15) is 25.3 Å². The number of aliphatic carboxylic acids is 1. The predicted molar refractivity (Wildman–Crippen MR) is 88.4 cm³/mol. The number of carboxylic acid groups (broad SMARTS) is 1. The minimum atomic E-state index is -3.75. The molecule has 0 spiro atoms. The molecule has 0 unspecified atom stereocenters. The smallest absolute Gasteiger partial charge is 0.316 e. The summed E-state index contributed by atoms with van der Waals surface area (Å²) in [5, 5.41) is 9.18. The fraction of sp³-hybridized carbons (Fsp3) is 0.529. The Labute approximate surface area is 146 Å². The summed E-state index contributed by atoms with van der Waals surface area (Å²) in [6.45, 7) is 1.91. The van der Waals surface area contributed by atoms with E-state index in [-0.39, 0.29) is 29.9 Å². The van der Waals surface area contributed by atoms with Gasteiger partial charge in [0.2, 0.25) is 10.0 Å². The van der Waals surface area contributed by atoms with Crippen LogP contribution in [0.4, 0.5) is 0 Å². The molecule has 0 radical (unpaired) electrons. The lowest BCUT2D eigenvalue weighted by Crippen LogP contribution is -2.30. The van der Waals surface area contributed by atoms with E-state index >= 15 is 0 Å². The second kappa shape index (κ2) is 6.10. The molecule has 136 valence electrons. The zero-order chi connectivity index (χ0) is 18.4. The molecule has 1 saturated heterocycles. The van der Waals surface area contributed by atoms with Gasteiger partial charge in [-0.1, -0.05) is 19.1 Å². The van der Waals surface area contributed by atoms with Gasteiger partial charge in [0.25, 0.3) is 0 Å². The molecule has 2 fully saturated rings. The highest BCUT2D eigenvalue weighted by Gasteiger charge is 2.52. The summed E-state index contributed by atoms with van der Waals surface area (Å²) < 4.78 is 31.6. The molecule has 25 heavy (non-hydrogen) atoms. The van der Waals surface area contributed by atoms with Crippen molar-refractivity contribution >= 4 is 22.0 Å². The highest BCUT2D eigenvalue weighted by atomic mass is 32.2. The predicted octanol–water partition coefficient (Wildman–Crippen LogP) is 1.23. The van der Waals surface area contributed by atoms with Crippen molar-refractivity contribution in [2.75, 3.05) is 20.2 Å². The molecule has 1 saturated carbocycles. The number of methoxy groups -OCH3 is 1.